The fraction of sp³-hybridized carbons (Fsp3) is 0.350. The van der Waals surface area contributed by atoms with Gasteiger partial charge in [-0.15, -0.1) is 0 Å². The first kappa shape index (κ1) is 16.7. The SMILES string of the molecule is CCC(N)Cn1c(-c2cccc(CN(C)C)c2)nc2ccccc21. The van der Waals surface area contributed by atoms with Crippen molar-refractivity contribution in [3.63, 3.8) is 0 Å². The summed E-state index contributed by atoms with van der Waals surface area (Å²) >= 11 is 0. The lowest BCUT2D eigenvalue weighted by molar-refractivity contribution is 0.402. The van der Waals surface area contributed by atoms with Crippen molar-refractivity contribution >= 4 is 11.0 Å². The second-order valence-corrected chi connectivity index (χ2v) is 6.64. The van der Waals surface area contributed by atoms with Crippen LogP contribution in [0.5, 0.6) is 0 Å². The number of imidazole rings is 1. The van der Waals surface area contributed by atoms with Gasteiger partial charge in [-0.3, -0.25) is 0 Å². The van der Waals surface area contributed by atoms with Gasteiger partial charge in [-0.2, -0.15) is 0 Å². The van der Waals surface area contributed by atoms with E-state index in [1.165, 1.54) is 5.56 Å². The molecular formula is C20H26N4. The Labute approximate surface area is 143 Å². The monoisotopic (exact) mass is 322 g/mol. The number of nitrogens with zero attached hydrogens (tertiary/aromatic N) is 3. The second kappa shape index (κ2) is 7.16. The van der Waals surface area contributed by atoms with Crippen LogP contribution in [0.2, 0.25) is 0 Å². The number of rotatable bonds is 6. The van der Waals surface area contributed by atoms with Gasteiger partial charge in [0.1, 0.15) is 5.82 Å². The summed E-state index contributed by atoms with van der Waals surface area (Å²) in [5.74, 6) is 1.00. The van der Waals surface area contributed by atoms with E-state index in [2.05, 4.69) is 73.0 Å². The molecule has 3 aromatic rings. The van der Waals surface area contributed by atoms with Gasteiger partial charge in [0.05, 0.1) is 11.0 Å². The van der Waals surface area contributed by atoms with Crippen molar-refractivity contribution < 1.29 is 0 Å². The maximum atomic E-state index is 6.24. The highest BCUT2D eigenvalue weighted by Gasteiger charge is 2.14. The van der Waals surface area contributed by atoms with Crippen LogP contribution >= 0.6 is 0 Å². The summed E-state index contributed by atoms with van der Waals surface area (Å²) < 4.78 is 2.26. The van der Waals surface area contributed by atoms with Gasteiger partial charge >= 0.3 is 0 Å². The van der Waals surface area contributed by atoms with Gasteiger partial charge in [0.15, 0.2) is 0 Å². The fourth-order valence-corrected chi connectivity index (χ4v) is 3.02. The molecule has 0 aliphatic rings. The summed E-state index contributed by atoms with van der Waals surface area (Å²) in [6.45, 7) is 3.83. The molecule has 0 amide bonds. The third-order valence-corrected chi connectivity index (χ3v) is 4.28. The Morgan fingerprint density at radius 3 is 2.67 bits per heavy atom. The topological polar surface area (TPSA) is 47.1 Å². The van der Waals surface area contributed by atoms with Crippen LogP contribution in [0.4, 0.5) is 0 Å². The zero-order chi connectivity index (χ0) is 17.1. The van der Waals surface area contributed by atoms with Crippen molar-refractivity contribution in [3.05, 3.63) is 54.1 Å². The van der Waals surface area contributed by atoms with E-state index < -0.39 is 0 Å². The van der Waals surface area contributed by atoms with Crippen LogP contribution in [0, 0.1) is 0 Å². The highest BCUT2D eigenvalue weighted by molar-refractivity contribution is 5.80. The average Bonchev–Trinajstić information content (AvgIpc) is 2.93. The molecule has 0 saturated carbocycles. The lowest BCUT2D eigenvalue weighted by atomic mass is 10.1. The molecule has 0 bridgehead atoms. The molecule has 4 heteroatoms. The van der Waals surface area contributed by atoms with Crippen LogP contribution < -0.4 is 5.73 Å². The van der Waals surface area contributed by atoms with Crippen molar-refractivity contribution in [1.29, 1.82) is 0 Å². The zero-order valence-electron chi connectivity index (χ0n) is 14.7. The second-order valence-electron chi connectivity index (χ2n) is 6.64. The van der Waals surface area contributed by atoms with E-state index in [1.54, 1.807) is 0 Å². The van der Waals surface area contributed by atoms with E-state index in [0.29, 0.717) is 0 Å². The van der Waals surface area contributed by atoms with Gasteiger partial charge < -0.3 is 15.2 Å². The van der Waals surface area contributed by atoms with Gasteiger partial charge in [-0.1, -0.05) is 37.3 Å². The molecule has 3 rings (SSSR count). The molecule has 1 unspecified atom stereocenters. The molecule has 0 aliphatic heterocycles. The summed E-state index contributed by atoms with van der Waals surface area (Å²) in [5, 5.41) is 0. The van der Waals surface area contributed by atoms with Crippen LogP contribution in [0.3, 0.4) is 0 Å². The molecule has 1 aromatic heterocycles. The number of aromatic nitrogens is 2. The number of nitrogens with two attached hydrogens (primary N) is 1. The summed E-state index contributed by atoms with van der Waals surface area (Å²) in [4.78, 5) is 7.06. The summed E-state index contributed by atoms with van der Waals surface area (Å²) in [7, 11) is 4.17. The predicted molar refractivity (Wildman–Crippen MR) is 101 cm³/mol. The molecule has 0 saturated heterocycles. The van der Waals surface area contributed by atoms with Crippen molar-refractivity contribution in [3.8, 4) is 11.4 Å². The smallest absolute Gasteiger partial charge is 0.141 e. The molecular weight excluding hydrogens is 296 g/mol. The average molecular weight is 322 g/mol. The quantitative estimate of drug-likeness (QED) is 0.755. The summed E-state index contributed by atoms with van der Waals surface area (Å²) in [5.41, 5.74) is 10.8. The Morgan fingerprint density at radius 1 is 1.12 bits per heavy atom. The molecule has 0 radical (unpaired) electrons. The molecule has 4 nitrogen and oxygen atoms in total. The van der Waals surface area contributed by atoms with Crippen LogP contribution in [-0.2, 0) is 13.1 Å². The molecule has 1 atom stereocenters. The molecule has 0 aliphatic carbocycles. The van der Waals surface area contributed by atoms with Gasteiger partial charge in [-0.25, -0.2) is 4.98 Å². The number of fused-ring (bicyclic) bond motifs is 1. The maximum Gasteiger partial charge on any atom is 0.141 e. The van der Waals surface area contributed by atoms with Gasteiger partial charge in [0, 0.05) is 24.7 Å². The first-order valence-electron chi connectivity index (χ1n) is 8.53. The number of hydrogen-bond acceptors (Lipinski definition) is 3. The highest BCUT2D eigenvalue weighted by atomic mass is 15.1. The first-order valence-corrected chi connectivity index (χ1v) is 8.53. The van der Waals surface area contributed by atoms with Crippen molar-refractivity contribution in [2.45, 2.75) is 32.5 Å². The standard InChI is InChI=1S/C20H26N4/c1-4-17(21)14-24-19-11-6-5-10-18(19)22-20(24)16-9-7-8-15(12-16)13-23(2)3/h5-12,17H,4,13-14,21H2,1-3H3. The van der Waals surface area contributed by atoms with Crippen molar-refractivity contribution in [1.82, 2.24) is 14.5 Å². The minimum Gasteiger partial charge on any atom is -0.326 e. The molecule has 2 N–H and O–H groups in total. The van der Waals surface area contributed by atoms with E-state index in [-0.39, 0.29) is 6.04 Å². The molecule has 126 valence electrons. The number of hydrogen-bond donors (Lipinski definition) is 1. The van der Waals surface area contributed by atoms with E-state index in [9.17, 15) is 0 Å². The minimum absolute atomic E-state index is 0.131. The van der Waals surface area contributed by atoms with Crippen LogP contribution in [0.1, 0.15) is 18.9 Å². The number of benzene rings is 2. The Hall–Kier alpha value is -2.17. The molecule has 24 heavy (non-hydrogen) atoms. The van der Waals surface area contributed by atoms with Crippen molar-refractivity contribution in [2.75, 3.05) is 14.1 Å². The fourth-order valence-electron chi connectivity index (χ4n) is 3.02. The van der Waals surface area contributed by atoms with E-state index in [1.807, 2.05) is 6.07 Å². The normalized spacial score (nSPS) is 12.9. The van der Waals surface area contributed by atoms with E-state index >= 15 is 0 Å². The highest BCUT2D eigenvalue weighted by Crippen LogP contribution is 2.26. The van der Waals surface area contributed by atoms with E-state index in [4.69, 9.17) is 10.7 Å². The maximum absolute atomic E-state index is 6.24. The Kier molecular flexibility index (Phi) is 4.97. The Bertz CT molecular complexity index is 819. The van der Waals surface area contributed by atoms with Gasteiger partial charge in [-0.05, 0) is 44.3 Å². The van der Waals surface area contributed by atoms with Crippen LogP contribution in [-0.4, -0.2) is 34.6 Å². The van der Waals surface area contributed by atoms with E-state index in [0.717, 1.165) is 41.9 Å². The molecule has 1 heterocycles. The molecule has 0 fully saturated rings. The van der Waals surface area contributed by atoms with Crippen LogP contribution in [0.25, 0.3) is 22.4 Å². The van der Waals surface area contributed by atoms with Gasteiger partial charge in [0.2, 0.25) is 0 Å². The van der Waals surface area contributed by atoms with Crippen LogP contribution in [0.15, 0.2) is 48.5 Å². The Morgan fingerprint density at radius 2 is 1.92 bits per heavy atom. The molecule has 0 spiro atoms. The lowest BCUT2D eigenvalue weighted by Crippen LogP contribution is -2.25. The third-order valence-electron chi connectivity index (χ3n) is 4.28. The number of para-hydroxylation sites is 2. The summed E-state index contributed by atoms with van der Waals surface area (Å²) in [6.07, 6.45) is 0.951. The van der Waals surface area contributed by atoms with Gasteiger partial charge in [0.25, 0.3) is 0 Å². The Balaban J connectivity index is 2.09. The van der Waals surface area contributed by atoms with Crippen molar-refractivity contribution in [2.24, 2.45) is 5.73 Å². The molecule has 2 aromatic carbocycles. The lowest BCUT2D eigenvalue weighted by Gasteiger charge is -2.15. The summed E-state index contributed by atoms with van der Waals surface area (Å²) in [6, 6.07) is 17.0. The third kappa shape index (κ3) is 3.50. The first-order chi connectivity index (χ1) is 11.6. The minimum atomic E-state index is 0.131. The zero-order valence-corrected chi connectivity index (χ0v) is 14.7. The largest absolute Gasteiger partial charge is 0.326 e. The predicted octanol–water partition coefficient (Wildman–Crippen LogP) is 3.50.